The van der Waals surface area contributed by atoms with Crippen LogP contribution in [0.25, 0.3) is 0 Å². The van der Waals surface area contributed by atoms with E-state index in [-0.39, 0.29) is 85.1 Å². The van der Waals surface area contributed by atoms with Crippen molar-refractivity contribution in [3.8, 4) is 0 Å². The van der Waals surface area contributed by atoms with Crippen LogP contribution in [0.15, 0.2) is 131 Å². The zero-order valence-corrected chi connectivity index (χ0v) is 30.3. The van der Waals surface area contributed by atoms with Crippen molar-refractivity contribution in [2.45, 2.75) is 93.7 Å². The van der Waals surface area contributed by atoms with Crippen LogP contribution in [0.3, 0.4) is 0 Å². The standard InChI is InChI=1S/C42H47BN10/c1-42(2,3)41-50-39-28-40(51-41)53-30-32(45-34(25-18-10-5-11-19-25)47-36(30)49-38(53)27-22-14-7-15-23-27)43(28)31-29-35(46-33(44-31)24-16-8-4-9-17-24)48-37(52(29)39)26-20-12-6-13-21-26/h4-23,28-36,39-41,44-47,50-51H,1-3H3. The van der Waals surface area contributed by atoms with Crippen molar-refractivity contribution in [1.82, 2.24) is 41.7 Å². The van der Waals surface area contributed by atoms with Gasteiger partial charge in [0.05, 0.1) is 42.9 Å². The first-order valence-corrected chi connectivity index (χ1v) is 19.4. The van der Waals surface area contributed by atoms with Gasteiger partial charge in [-0.25, -0.2) is 9.98 Å². The molecule has 0 aliphatic carbocycles. The lowest BCUT2D eigenvalue weighted by atomic mass is 9.25. The molecule has 7 heterocycles. The van der Waals surface area contributed by atoms with Gasteiger partial charge >= 0.3 is 0 Å². The molecule has 0 bridgehead atoms. The summed E-state index contributed by atoms with van der Waals surface area (Å²) in [5.41, 5.74) is 4.74. The van der Waals surface area contributed by atoms with E-state index in [0.29, 0.717) is 0 Å². The third kappa shape index (κ3) is 4.95. The Morgan fingerprint density at radius 1 is 0.509 bits per heavy atom. The lowest BCUT2D eigenvalue weighted by molar-refractivity contribution is -0.0174. The molecule has 0 aromatic heterocycles. The summed E-state index contributed by atoms with van der Waals surface area (Å²) in [6.07, 6.45) is -0.118. The van der Waals surface area contributed by atoms with Crippen LogP contribution in [0.1, 0.15) is 55.4 Å². The third-order valence-electron chi connectivity index (χ3n) is 12.9. The Kier molecular flexibility index (Phi) is 7.32. The maximum Gasteiger partial charge on any atom is 0.196 e. The van der Waals surface area contributed by atoms with Gasteiger partial charge in [0.25, 0.3) is 0 Å². The molecule has 0 radical (unpaired) electrons. The summed E-state index contributed by atoms with van der Waals surface area (Å²) in [4.78, 5) is 16.6. The second-order valence-electron chi connectivity index (χ2n) is 16.9. The maximum absolute atomic E-state index is 5.63. The molecule has 11 heteroatoms. The lowest BCUT2D eigenvalue weighted by Crippen LogP contribution is -2.90. The Hall–Kier alpha value is -4.36. The number of hydrogen-bond donors (Lipinski definition) is 6. The molecule has 5 fully saturated rings. The lowest BCUT2D eigenvalue weighted by Gasteiger charge is -2.67. The fraction of sp³-hybridized carbons (Fsp3) is 0.381. The van der Waals surface area contributed by atoms with Gasteiger partial charge < -0.3 is 20.4 Å². The largest absolute Gasteiger partial charge is 0.334 e. The second-order valence-corrected chi connectivity index (χ2v) is 16.9. The van der Waals surface area contributed by atoms with Crippen molar-refractivity contribution < 1.29 is 0 Å². The summed E-state index contributed by atoms with van der Waals surface area (Å²) in [6.45, 7) is 7.27. The van der Waals surface area contributed by atoms with Gasteiger partial charge in [0, 0.05) is 28.8 Å². The van der Waals surface area contributed by atoms with Gasteiger partial charge in [-0.05, 0) is 16.5 Å². The highest BCUT2D eigenvalue weighted by Gasteiger charge is 2.70. The molecule has 4 aromatic rings. The second kappa shape index (κ2) is 12.1. The van der Waals surface area contributed by atoms with E-state index in [1.54, 1.807) is 0 Å². The average Bonchev–Trinajstić information content (AvgIpc) is 3.79. The van der Waals surface area contributed by atoms with Crippen molar-refractivity contribution >= 4 is 18.4 Å². The van der Waals surface area contributed by atoms with Crippen molar-refractivity contribution in [1.29, 1.82) is 0 Å². The minimum atomic E-state index is -0.0778. The van der Waals surface area contributed by atoms with Crippen LogP contribution in [-0.2, 0) is 0 Å². The Morgan fingerprint density at radius 3 is 1.30 bits per heavy atom. The number of nitrogens with zero attached hydrogens (tertiary/aromatic N) is 4. The summed E-state index contributed by atoms with van der Waals surface area (Å²) < 4.78 is 0. The van der Waals surface area contributed by atoms with Gasteiger partial charge in [0.15, 0.2) is 6.71 Å². The van der Waals surface area contributed by atoms with Crippen LogP contribution in [0.4, 0.5) is 0 Å². The molecule has 10 atom stereocenters. The quantitative estimate of drug-likeness (QED) is 0.180. The molecular weight excluding hydrogens is 655 g/mol. The number of benzene rings is 4. The van der Waals surface area contributed by atoms with Gasteiger partial charge in [0.1, 0.15) is 24.0 Å². The van der Waals surface area contributed by atoms with Gasteiger partial charge in [0.2, 0.25) is 0 Å². The molecule has 7 aliphatic rings. The first-order chi connectivity index (χ1) is 25.9. The maximum atomic E-state index is 5.63. The van der Waals surface area contributed by atoms with Crippen LogP contribution < -0.4 is 31.9 Å². The number of aliphatic imine (C=N–C) groups is 2. The molecule has 53 heavy (non-hydrogen) atoms. The summed E-state index contributed by atoms with van der Waals surface area (Å²) in [6, 6.07) is 43.5. The third-order valence-corrected chi connectivity index (χ3v) is 12.9. The van der Waals surface area contributed by atoms with Crippen molar-refractivity contribution in [2.75, 3.05) is 0 Å². The van der Waals surface area contributed by atoms with Crippen molar-refractivity contribution in [3.63, 3.8) is 0 Å². The highest BCUT2D eigenvalue weighted by molar-refractivity contribution is 6.66. The minimum Gasteiger partial charge on any atom is -0.334 e. The average molecular weight is 703 g/mol. The van der Waals surface area contributed by atoms with E-state index in [0.717, 1.165) is 22.8 Å². The van der Waals surface area contributed by atoms with Crippen LogP contribution in [-0.4, -0.2) is 83.0 Å². The van der Waals surface area contributed by atoms with E-state index < -0.39 is 0 Å². The molecule has 4 aromatic carbocycles. The fourth-order valence-corrected chi connectivity index (χ4v) is 10.7. The number of fused-ring (bicyclic) bond motifs is 4. The predicted molar refractivity (Wildman–Crippen MR) is 210 cm³/mol. The van der Waals surface area contributed by atoms with Gasteiger partial charge in [-0.3, -0.25) is 21.3 Å². The fourth-order valence-electron chi connectivity index (χ4n) is 10.7. The first kappa shape index (κ1) is 32.1. The predicted octanol–water partition coefficient (Wildman–Crippen LogP) is 3.61. The smallest absolute Gasteiger partial charge is 0.196 e. The Labute approximate surface area is 312 Å². The molecule has 268 valence electrons. The molecular formula is C42H47BN10. The van der Waals surface area contributed by atoms with Gasteiger partial charge in [-0.2, -0.15) is 0 Å². The number of nitrogens with one attached hydrogen (secondary N) is 6. The number of hydrogen-bond acceptors (Lipinski definition) is 10. The topological polar surface area (TPSA) is 103 Å². The van der Waals surface area contributed by atoms with E-state index in [4.69, 9.17) is 9.98 Å². The van der Waals surface area contributed by atoms with Crippen molar-refractivity contribution in [2.24, 2.45) is 15.4 Å². The molecule has 10 unspecified atom stereocenters. The van der Waals surface area contributed by atoms with Gasteiger partial charge in [-0.1, -0.05) is 142 Å². The molecule has 7 aliphatic heterocycles. The van der Waals surface area contributed by atoms with Crippen LogP contribution in [0, 0.1) is 5.41 Å². The summed E-state index contributed by atoms with van der Waals surface area (Å²) in [7, 11) is 0. The summed E-state index contributed by atoms with van der Waals surface area (Å²) in [5, 5.41) is 25.0. The summed E-state index contributed by atoms with van der Waals surface area (Å²) in [5.74, 6) is 2.57. The first-order valence-electron chi connectivity index (χ1n) is 19.4. The molecule has 0 saturated carbocycles. The van der Waals surface area contributed by atoms with Crippen LogP contribution in [0.2, 0.25) is 5.82 Å². The summed E-state index contributed by atoms with van der Waals surface area (Å²) >= 11 is 0. The van der Waals surface area contributed by atoms with E-state index in [1.807, 2.05) is 0 Å². The molecule has 5 saturated heterocycles. The normalized spacial score (nSPS) is 36.6. The van der Waals surface area contributed by atoms with Crippen LogP contribution in [0.5, 0.6) is 0 Å². The SMILES string of the molecule is CC(C)(C)C1NC2C3B(C4NC(c5ccccc5)NC5N=C(c6ccccc6)N2C54)C2NC(c4ccccc4)NC4N=C(c5ccccc5)N(C3N1)C42. The van der Waals surface area contributed by atoms with Crippen molar-refractivity contribution in [3.05, 3.63) is 144 Å². The molecule has 10 nitrogen and oxygen atoms in total. The van der Waals surface area contributed by atoms with E-state index in [2.05, 4.69) is 184 Å². The Bertz CT molecular complexity index is 1900. The number of rotatable bonds is 4. The molecule has 0 spiro atoms. The molecule has 0 amide bonds. The molecule has 6 N–H and O–H groups in total. The zero-order valence-electron chi connectivity index (χ0n) is 30.3. The highest BCUT2D eigenvalue weighted by Crippen LogP contribution is 2.51. The van der Waals surface area contributed by atoms with E-state index in [9.17, 15) is 0 Å². The molecule has 11 rings (SSSR count). The minimum absolute atomic E-state index is 0.0291. The highest BCUT2D eigenvalue weighted by atomic mass is 15.5. The Balaban J connectivity index is 1.11. The Morgan fingerprint density at radius 2 is 0.906 bits per heavy atom. The van der Waals surface area contributed by atoms with Crippen LogP contribution >= 0.6 is 0 Å². The van der Waals surface area contributed by atoms with E-state index >= 15 is 0 Å². The number of amidine groups is 2. The van der Waals surface area contributed by atoms with E-state index in [1.165, 1.54) is 11.1 Å². The zero-order chi connectivity index (χ0) is 35.4. The monoisotopic (exact) mass is 702 g/mol. The van der Waals surface area contributed by atoms with Gasteiger partial charge in [-0.15, -0.1) is 0 Å².